The SMILES string of the molecule is CCC1CCC(I)C(C)C(I)(C2CCCC2)C1. The van der Waals surface area contributed by atoms with E-state index < -0.39 is 0 Å². The van der Waals surface area contributed by atoms with Gasteiger partial charge in [0.05, 0.1) is 0 Å². The normalized spacial score (nSPS) is 44.8. The van der Waals surface area contributed by atoms with Gasteiger partial charge in [-0.05, 0) is 49.9 Å². The second-order valence-corrected chi connectivity index (χ2v) is 9.88. The minimum atomic E-state index is 0.608. The average molecular weight is 460 g/mol. The van der Waals surface area contributed by atoms with Gasteiger partial charge in [0.1, 0.15) is 0 Å². The molecular formula is C15H26I2. The molecule has 2 saturated carbocycles. The van der Waals surface area contributed by atoms with Gasteiger partial charge in [0.2, 0.25) is 0 Å². The van der Waals surface area contributed by atoms with Crippen LogP contribution in [0.2, 0.25) is 0 Å². The predicted octanol–water partition coefficient (Wildman–Crippen LogP) is 6.00. The van der Waals surface area contributed by atoms with Crippen LogP contribution in [0.25, 0.3) is 0 Å². The van der Waals surface area contributed by atoms with Gasteiger partial charge in [-0.1, -0.05) is 78.3 Å². The van der Waals surface area contributed by atoms with Crippen LogP contribution in [-0.2, 0) is 0 Å². The molecule has 2 fully saturated rings. The van der Waals surface area contributed by atoms with E-state index >= 15 is 0 Å². The third-order valence-corrected chi connectivity index (χ3v) is 9.37. The highest BCUT2D eigenvalue weighted by Gasteiger charge is 2.46. The van der Waals surface area contributed by atoms with Crippen molar-refractivity contribution in [3.05, 3.63) is 0 Å². The zero-order valence-electron chi connectivity index (χ0n) is 11.2. The first-order chi connectivity index (χ1) is 8.08. The Morgan fingerprint density at radius 1 is 1.12 bits per heavy atom. The Labute approximate surface area is 134 Å². The average Bonchev–Trinajstić information content (AvgIpc) is 2.83. The van der Waals surface area contributed by atoms with Crippen LogP contribution < -0.4 is 0 Å². The summed E-state index contributed by atoms with van der Waals surface area (Å²) in [5.74, 6) is 2.92. The standard InChI is InChI=1S/C15H26I2/c1-3-12-8-9-14(16)11(2)15(17,10-12)13-6-4-5-7-13/h11-14H,3-10H2,1-2H3. The summed E-state index contributed by atoms with van der Waals surface area (Å²) in [5.41, 5.74) is 0. The van der Waals surface area contributed by atoms with E-state index in [1.54, 1.807) is 0 Å². The predicted molar refractivity (Wildman–Crippen MR) is 93.3 cm³/mol. The zero-order chi connectivity index (χ0) is 12.5. The van der Waals surface area contributed by atoms with Gasteiger partial charge in [-0.15, -0.1) is 0 Å². The summed E-state index contributed by atoms with van der Waals surface area (Å²) in [6.07, 6.45) is 11.8. The van der Waals surface area contributed by atoms with Crippen LogP contribution in [0, 0.1) is 17.8 Å². The molecule has 0 heterocycles. The Hall–Kier alpha value is 1.46. The van der Waals surface area contributed by atoms with Crippen LogP contribution in [0.1, 0.15) is 65.2 Å². The van der Waals surface area contributed by atoms with Crippen LogP contribution in [0.4, 0.5) is 0 Å². The maximum absolute atomic E-state index is 2.89. The fourth-order valence-electron chi connectivity index (χ4n) is 3.97. The highest BCUT2D eigenvalue weighted by Crippen LogP contribution is 2.53. The molecule has 0 amide bonds. The van der Waals surface area contributed by atoms with E-state index in [2.05, 4.69) is 59.0 Å². The number of hydrogen-bond acceptors (Lipinski definition) is 0. The molecule has 0 spiro atoms. The molecule has 0 aromatic carbocycles. The molecule has 0 aromatic heterocycles. The summed E-state index contributed by atoms with van der Waals surface area (Å²) in [6.45, 7) is 4.94. The molecule has 0 aliphatic heterocycles. The second kappa shape index (κ2) is 6.27. The van der Waals surface area contributed by atoms with Crippen molar-refractivity contribution in [3.63, 3.8) is 0 Å². The van der Waals surface area contributed by atoms with E-state index in [-0.39, 0.29) is 0 Å². The van der Waals surface area contributed by atoms with Gasteiger partial charge in [-0.25, -0.2) is 0 Å². The van der Waals surface area contributed by atoms with E-state index in [0.717, 1.165) is 21.7 Å². The van der Waals surface area contributed by atoms with Crippen LogP contribution in [0.5, 0.6) is 0 Å². The molecule has 0 bridgehead atoms. The van der Waals surface area contributed by atoms with Gasteiger partial charge in [0.25, 0.3) is 0 Å². The first-order valence-electron chi connectivity index (χ1n) is 7.41. The molecule has 100 valence electrons. The van der Waals surface area contributed by atoms with Crippen molar-refractivity contribution in [2.75, 3.05) is 0 Å². The fourth-order valence-corrected chi connectivity index (χ4v) is 7.34. The van der Waals surface area contributed by atoms with E-state index in [1.807, 2.05) is 0 Å². The molecule has 2 aliphatic carbocycles. The summed E-state index contributed by atoms with van der Waals surface area (Å²) in [7, 11) is 0. The number of hydrogen-bond donors (Lipinski definition) is 0. The van der Waals surface area contributed by atoms with E-state index in [1.165, 1.54) is 51.4 Å². The lowest BCUT2D eigenvalue weighted by Crippen LogP contribution is -2.40. The summed E-state index contributed by atoms with van der Waals surface area (Å²) in [5, 5.41) is 0. The van der Waals surface area contributed by atoms with Gasteiger partial charge in [-0.3, -0.25) is 0 Å². The van der Waals surface area contributed by atoms with Crippen molar-refractivity contribution in [1.82, 2.24) is 0 Å². The lowest BCUT2D eigenvalue weighted by atomic mass is 9.76. The van der Waals surface area contributed by atoms with Gasteiger partial charge in [0.15, 0.2) is 0 Å². The van der Waals surface area contributed by atoms with Crippen molar-refractivity contribution in [3.8, 4) is 0 Å². The van der Waals surface area contributed by atoms with Gasteiger partial charge in [0, 0.05) is 7.35 Å². The van der Waals surface area contributed by atoms with Crippen LogP contribution in [-0.4, -0.2) is 7.35 Å². The van der Waals surface area contributed by atoms with E-state index in [9.17, 15) is 0 Å². The van der Waals surface area contributed by atoms with E-state index in [0.29, 0.717) is 3.42 Å². The zero-order valence-corrected chi connectivity index (χ0v) is 15.5. The van der Waals surface area contributed by atoms with Crippen molar-refractivity contribution in [2.24, 2.45) is 17.8 Å². The number of alkyl halides is 2. The monoisotopic (exact) mass is 460 g/mol. The van der Waals surface area contributed by atoms with Crippen LogP contribution >= 0.6 is 45.2 Å². The molecule has 0 radical (unpaired) electrons. The molecule has 17 heavy (non-hydrogen) atoms. The lowest BCUT2D eigenvalue weighted by Gasteiger charge is -2.41. The Morgan fingerprint density at radius 3 is 2.35 bits per heavy atom. The minimum absolute atomic E-state index is 0.608. The first kappa shape index (κ1) is 14.9. The molecule has 2 aliphatic rings. The summed E-state index contributed by atoms with van der Waals surface area (Å²) in [6, 6.07) is 0. The molecule has 2 heteroatoms. The van der Waals surface area contributed by atoms with Gasteiger partial charge < -0.3 is 0 Å². The minimum Gasteiger partial charge on any atom is -0.0823 e. The molecule has 2 rings (SSSR count). The summed E-state index contributed by atoms with van der Waals surface area (Å²) < 4.78 is 1.51. The maximum atomic E-state index is 2.89. The van der Waals surface area contributed by atoms with Crippen LogP contribution in [0.3, 0.4) is 0 Å². The highest BCUT2D eigenvalue weighted by atomic mass is 127. The second-order valence-electron chi connectivity index (χ2n) is 6.27. The molecule has 0 N–H and O–H groups in total. The third-order valence-electron chi connectivity index (χ3n) is 5.36. The quantitative estimate of drug-likeness (QED) is 0.270. The number of rotatable bonds is 2. The smallest absolute Gasteiger partial charge is 0.0288 e. The lowest BCUT2D eigenvalue weighted by molar-refractivity contribution is 0.270. The molecule has 0 nitrogen and oxygen atoms in total. The van der Waals surface area contributed by atoms with Crippen molar-refractivity contribution in [1.29, 1.82) is 0 Å². The van der Waals surface area contributed by atoms with Crippen molar-refractivity contribution >= 4 is 45.2 Å². The Kier molecular flexibility index (Phi) is 5.48. The van der Waals surface area contributed by atoms with Crippen molar-refractivity contribution in [2.45, 2.75) is 72.6 Å². The fraction of sp³-hybridized carbons (Fsp3) is 1.00. The molecule has 0 aromatic rings. The Bertz CT molecular complexity index is 247. The van der Waals surface area contributed by atoms with Crippen LogP contribution in [0.15, 0.2) is 0 Å². The Balaban J connectivity index is 2.19. The summed E-state index contributed by atoms with van der Waals surface area (Å²) >= 11 is 5.63. The first-order valence-corrected chi connectivity index (χ1v) is 9.73. The Morgan fingerprint density at radius 2 is 1.76 bits per heavy atom. The molecule has 4 atom stereocenters. The van der Waals surface area contributed by atoms with Gasteiger partial charge in [-0.2, -0.15) is 0 Å². The topological polar surface area (TPSA) is 0 Å². The van der Waals surface area contributed by atoms with Crippen molar-refractivity contribution < 1.29 is 0 Å². The number of halogens is 2. The van der Waals surface area contributed by atoms with Gasteiger partial charge >= 0.3 is 0 Å². The molecule has 0 saturated heterocycles. The largest absolute Gasteiger partial charge is 0.0823 e. The third kappa shape index (κ3) is 3.14. The molecular weight excluding hydrogens is 434 g/mol. The molecule has 4 unspecified atom stereocenters. The summed E-state index contributed by atoms with van der Waals surface area (Å²) in [4.78, 5) is 0. The van der Waals surface area contributed by atoms with E-state index in [4.69, 9.17) is 0 Å². The highest BCUT2D eigenvalue weighted by molar-refractivity contribution is 14.1. The maximum Gasteiger partial charge on any atom is 0.0288 e.